The number of carbonyl (C=O) groups excluding carboxylic acids is 1. The van der Waals surface area contributed by atoms with Crippen LogP contribution in [0.25, 0.3) is 22.4 Å². The number of carbonyl (C=O) groups is 1. The maximum absolute atomic E-state index is 13.3. The van der Waals surface area contributed by atoms with Gasteiger partial charge in [-0.05, 0) is 74.7 Å². The predicted molar refractivity (Wildman–Crippen MR) is 140 cm³/mol. The van der Waals surface area contributed by atoms with Crippen molar-refractivity contribution in [2.75, 3.05) is 20.6 Å². The maximum atomic E-state index is 13.3. The molecule has 1 fully saturated rings. The first kappa shape index (κ1) is 23.8. The zero-order valence-electron chi connectivity index (χ0n) is 20.6. The van der Waals surface area contributed by atoms with Gasteiger partial charge in [0.05, 0.1) is 24.8 Å². The van der Waals surface area contributed by atoms with Gasteiger partial charge in [-0.15, -0.1) is 0 Å². The van der Waals surface area contributed by atoms with Crippen LogP contribution in [0.2, 0.25) is 5.02 Å². The molecule has 35 heavy (non-hydrogen) atoms. The molecule has 7 heteroatoms. The lowest BCUT2D eigenvalue weighted by atomic mass is 9.96. The first-order chi connectivity index (χ1) is 17.0. The van der Waals surface area contributed by atoms with Gasteiger partial charge in [0.1, 0.15) is 5.69 Å². The molecule has 1 aliphatic carbocycles. The summed E-state index contributed by atoms with van der Waals surface area (Å²) in [4.78, 5) is 21.7. The van der Waals surface area contributed by atoms with Crippen LogP contribution in [0.15, 0.2) is 54.9 Å². The molecule has 1 aromatic carbocycles. The van der Waals surface area contributed by atoms with Crippen molar-refractivity contribution in [1.29, 1.82) is 0 Å². The Morgan fingerprint density at radius 3 is 2.63 bits per heavy atom. The monoisotopic (exact) mass is 489 g/mol. The van der Waals surface area contributed by atoms with E-state index in [4.69, 9.17) is 16.7 Å². The fourth-order valence-corrected chi connectivity index (χ4v) is 5.22. The molecule has 1 amide bonds. The highest BCUT2D eigenvalue weighted by Crippen LogP contribution is 2.43. The van der Waals surface area contributed by atoms with Crippen LogP contribution in [-0.4, -0.2) is 57.2 Å². The van der Waals surface area contributed by atoms with E-state index in [1.54, 1.807) is 6.08 Å². The maximum Gasteiger partial charge on any atom is 0.246 e. The van der Waals surface area contributed by atoms with Crippen molar-refractivity contribution in [3.63, 3.8) is 0 Å². The number of aryl methyl sites for hydroxylation is 1. The van der Waals surface area contributed by atoms with E-state index in [0.717, 1.165) is 58.2 Å². The summed E-state index contributed by atoms with van der Waals surface area (Å²) in [6, 6.07) is 10.4. The minimum absolute atomic E-state index is 0.0817. The second kappa shape index (κ2) is 9.96. The van der Waals surface area contributed by atoms with E-state index in [2.05, 4.69) is 32.5 Å². The average molecular weight is 490 g/mol. The number of nitrogens with zero attached hydrogens (tertiary/aromatic N) is 5. The summed E-state index contributed by atoms with van der Waals surface area (Å²) < 4.78 is 2.14. The highest BCUT2D eigenvalue weighted by atomic mass is 35.5. The first-order valence-electron chi connectivity index (χ1n) is 12.4. The van der Waals surface area contributed by atoms with Gasteiger partial charge in [-0.3, -0.25) is 14.5 Å². The highest BCUT2D eigenvalue weighted by Gasteiger charge is 2.41. The van der Waals surface area contributed by atoms with Gasteiger partial charge in [0.15, 0.2) is 0 Å². The van der Waals surface area contributed by atoms with E-state index in [-0.39, 0.29) is 11.9 Å². The Hall–Kier alpha value is -2.96. The fourth-order valence-electron chi connectivity index (χ4n) is 4.97. The number of fused-ring (bicyclic) bond motifs is 1. The Bertz CT molecular complexity index is 1250. The SMILES string of the molecule is CCc1cc(-c2nn3c(c2-c2ccncc2)CN(C(=O)/C=C/CN(C)C)[C@@H](C2CC2)C3)ccc1Cl. The zero-order chi connectivity index (χ0) is 24.5. The van der Waals surface area contributed by atoms with Gasteiger partial charge < -0.3 is 9.80 Å². The second-order valence-electron chi connectivity index (χ2n) is 9.78. The fraction of sp³-hybridized carbons (Fsp3) is 0.393. The molecule has 5 rings (SSSR count). The molecule has 1 saturated carbocycles. The zero-order valence-corrected chi connectivity index (χ0v) is 21.4. The molecule has 182 valence electrons. The van der Waals surface area contributed by atoms with Crippen LogP contribution in [0, 0.1) is 5.92 Å². The van der Waals surface area contributed by atoms with Gasteiger partial charge in [-0.2, -0.15) is 5.10 Å². The van der Waals surface area contributed by atoms with E-state index in [9.17, 15) is 4.79 Å². The normalized spacial score (nSPS) is 17.9. The number of likely N-dealkylation sites (N-methyl/N-ethyl adjacent to an activating group) is 1. The molecule has 0 N–H and O–H groups in total. The summed E-state index contributed by atoms with van der Waals surface area (Å²) in [5.74, 6) is 0.631. The third-order valence-corrected chi connectivity index (χ3v) is 7.36. The second-order valence-corrected chi connectivity index (χ2v) is 10.2. The van der Waals surface area contributed by atoms with Gasteiger partial charge in [-0.25, -0.2) is 0 Å². The van der Waals surface area contributed by atoms with E-state index in [1.807, 2.05) is 56.8 Å². The number of benzene rings is 1. The Balaban J connectivity index is 1.60. The third-order valence-electron chi connectivity index (χ3n) is 6.99. The molecule has 1 atom stereocenters. The number of hydrogen-bond donors (Lipinski definition) is 0. The van der Waals surface area contributed by atoms with E-state index in [0.29, 0.717) is 12.5 Å². The Labute approximate surface area is 212 Å². The average Bonchev–Trinajstić information content (AvgIpc) is 3.64. The van der Waals surface area contributed by atoms with Gasteiger partial charge >= 0.3 is 0 Å². The lowest BCUT2D eigenvalue weighted by Crippen LogP contribution is -2.47. The lowest BCUT2D eigenvalue weighted by Gasteiger charge is -2.36. The molecule has 1 aliphatic heterocycles. The van der Waals surface area contributed by atoms with Crippen molar-refractivity contribution in [3.8, 4) is 22.4 Å². The van der Waals surface area contributed by atoms with E-state index in [1.165, 1.54) is 12.8 Å². The molecule has 2 aromatic heterocycles. The molecular weight excluding hydrogens is 458 g/mol. The summed E-state index contributed by atoms with van der Waals surface area (Å²) in [6.45, 7) is 4.12. The van der Waals surface area contributed by atoms with Crippen LogP contribution in [0.5, 0.6) is 0 Å². The minimum atomic E-state index is 0.0817. The van der Waals surface area contributed by atoms with Crippen molar-refractivity contribution >= 4 is 17.5 Å². The molecule has 6 nitrogen and oxygen atoms in total. The molecule has 0 radical (unpaired) electrons. The standard InChI is InChI=1S/C28H32ClN5O/c1-4-19-16-22(9-10-23(19)29)28-27(21-11-13-30-14-12-21)25-17-33(26(35)6-5-15-32(2)3)24(20-7-8-20)18-34(25)31-28/h5-6,9-14,16,20,24H,4,7-8,15,17-18H2,1-3H3/b6-5+/t24-/m1/s1. The van der Waals surface area contributed by atoms with Gasteiger partial charge in [-0.1, -0.05) is 30.7 Å². The smallest absolute Gasteiger partial charge is 0.246 e. The van der Waals surface area contributed by atoms with E-state index >= 15 is 0 Å². The number of rotatable bonds is 7. The Kier molecular flexibility index (Phi) is 6.76. The highest BCUT2D eigenvalue weighted by molar-refractivity contribution is 6.31. The number of pyridine rings is 1. The lowest BCUT2D eigenvalue weighted by molar-refractivity contribution is -0.130. The molecule has 0 unspecified atom stereocenters. The van der Waals surface area contributed by atoms with Crippen LogP contribution in [0.4, 0.5) is 0 Å². The quantitative estimate of drug-likeness (QED) is 0.435. The number of hydrogen-bond acceptors (Lipinski definition) is 4. The third kappa shape index (κ3) is 4.91. The van der Waals surface area contributed by atoms with Gasteiger partial charge in [0.25, 0.3) is 0 Å². The van der Waals surface area contributed by atoms with Gasteiger partial charge in [0.2, 0.25) is 5.91 Å². The summed E-state index contributed by atoms with van der Waals surface area (Å²) in [7, 11) is 4.01. The number of amides is 1. The van der Waals surface area contributed by atoms with Crippen LogP contribution < -0.4 is 0 Å². The first-order valence-corrected chi connectivity index (χ1v) is 12.7. The van der Waals surface area contributed by atoms with Crippen molar-refractivity contribution in [2.24, 2.45) is 5.92 Å². The largest absolute Gasteiger partial charge is 0.328 e. The molecule has 0 spiro atoms. The van der Waals surface area contributed by atoms with Crippen molar-refractivity contribution in [3.05, 3.63) is 71.2 Å². The topological polar surface area (TPSA) is 54.3 Å². The number of halogens is 1. The van der Waals surface area contributed by atoms with Crippen LogP contribution >= 0.6 is 11.6 Å². The number of aromatic nitrogens is 3. The summed E-state index contributed by atoms with van der Waals surface area (Å²) in [5.41, 5.74) is 6.29. The predicted octanol–water partition coefficient (Wildman–Crippen LogP) is 5.07. The molecular formula is C28H32ClN5O. The van der Waals surface area contributed by atoms with Crippen molar-refractivity contribution < 1.29 is 4.79 Å². The van der Waals surface area contributed by atoms with Crippen molar-refractivity contribution in [2.45, 2.75) is 45.3 Å². The molecule has 3 aromatic rings. The summed E-state index contributed by atoms with van der Waals surface area (Å²) in [5, 5.41) is 5.91. The van der Waals surface area contributed by atoms with Crippen molar-refractivity contribution in [1.82, 2.24) is 24.6 Å². The van der Waals surface area contributed by atoms with Gasteiger partial charge in [0, 0.05) is 41.2 Å². The molecule has 2 aliphatic rings. The molecule has 0 saturated heterocycles. The minimum Gasteiger partial charge on any atom is -0.328 e. The van der Waals surface area contributed by atoms with E-state index < -0.39 is 0 Å². The Morgan fingerprint density at radius 2 is 1.94 bits per heavy atom. The van der Waals surface area contributed by atoms with Crippen LogP contribution in [-0.2, 0) is 24.3 Å². The molecule has 0 bridgehead atoms. The summed E-state index contributed by atoms with van der Waals surface area (Å²) in [6.07, 6.45) is 10.5. The van der Waals surface area contributed by atoms with Crippen LogP contribution in [0.1, 0.15) is 31.0 Å². The van der Waals surface area contributed by atoms with Crippen LogP contribution in [0.3, 0.4) is 0 Å². The molecule has 3 heterocycles. The summed E-state index contributed by atoms with van der Waals surface area (Å²) >= 11 is 6.43. The Morgan fingerprint density at radius 1 is 1.17 bits per heavy atom.